The summed E-state index contributed by atoms with van der Waals surface area (Å²) < 4.78 is 16.9. The van der Waals surface area contributed by atoms with Gasteiger partial charge in [0.2, 0.25) is 6.73 Å². The Balaban J connectivity index is 1.52. The monoisotopic (exact) mass is 426 g/mol. The number of nitriles is 1. The van der Waals surface area contributed by atoms with Crippen molar-refractivity contribution in [3.05, 3.63) is 39.8 Å². The SMILES string of the molecule is COc1ccc(C=Nc2sc3c(c2C#N)CC[C@H](C)C3)cc1OC[NH+]1CCOCC1. The van der Waals surface area contributed by atoms with E-state index < -0.39 is 0 Å². The molecule has 1 saturated heterocycles. The number of methoxy groups -OCH3 is 1. The van der Waals surface area contributed by atoms with Gasteiger partial charge in [-0.25, -0.2) is 4.99 Å². The molecule has 1 aliphatic carbocycles. The molecule has 7 heteroatoms. The number of thiophene rings is 1. The molecule has 1 aromatic heterocycles. The fourth-order valence-corrected chi connectivity index (χ4v) is 5.25. The van der Waals surface area contributed by atoms with Crippen LogP contribution in [0.15, 0.2) is 23.2 Å². The first-order valence-corrected chi connectivity index (χ1v) is 11.3. The molecule has 2 aliphatic rings. The summed E-state index contributed by atoms with van der Waals surface area (Å²) in [7, 11) is 1.65. The minimum atomic E-state index is 0.578. The molecule has 1 atom stereocenters. The molecule has 0 saturated carbocycles. The first-order chi connectivity index (χ1) is 14.7. The fourth-order valence-electron chi connectivity index (χ4n) is 3.95. The molecule has 0 unspecified atom stereocenters. The Bertz CT molecular complexity index is 957. The second-order valence-electron chi connectivity index (χ2n) is 7.96. The number of morpholine rings is 1. The zero-order valence-electron chi connectivity index (χ0n) is 17.6. The molecule has 2 heterocycles. The molecule has 4 rings (SSSR count). The van der Waals surface area contributed by atoms with Crippen LogP contribution < -0.4 is 14.4 Å². The van der Waals surface area contributed by atoms with E-state index in [2.05, 4.69) is 18.0 Å². The largest absolute Gasteiger partial charge is 0.493 e. The Morgan fingerprint density at radius 2 is 2.17 bits per heavy atom. The van der Waals surface area contributed by atoms with Gasteiger partial charge in [0.1, 0.15) is 24.2 Å². The molecule has 1 aromatic carbocycles. The van der Waals surface area contributed by atoms with Crippen LogP contribution in [0.5, 0.6) is 11.5 Å². The number of nitrogens with zero attached hydrogens (tertiary/aromatic N) is 2. The van der Waals surface area contributed by atoms with E-state index in [1.807, 2.05) is 24.4 Å². The molecule has 158 valence electrons. The van der Waals surface area contributed by atoms with E-state index >= 15 is 0 Å². The van der Waals surface area contributed by atoms with Crippen LogP contribution in [0.25, 0.3) is 0 Å². The third-order valence-corrected chi connectivity index (χ3v) is 6.92. The molecule has 1 fully saturated rings. The summed E-state index contributed by atoms with van der Waals surface area (Å²) in [4.78, 5) is 7.36. The van der Waals surface area contributed by atoms with E-state index in [9.17, 15) is 5.26 Å². The van der Waals surface area contributed by atoms with Crippen LogP contribution in [0.1, 0.15) is 34.9 Å². The second-order valence-corrected chi connectivity index (χ2v) is 9.05. The highest BCUT2D eigenvalue weighted by Gasteiger charge is 2.23. The minimum absolute atomic E-state index is 0.578. The normalized spacial score (nSPS) is 19.4. The average molecular weight is 427 g/mol. The maximum Gasteiger partial charge on any atom is 0.222 e. The van der Waals surface area contributed by atoms with Crippen molar-refractivity contribution < 1.29 is 19.1 Å². The van der Waals surface area contributed by atoms with Gasteiger partial charge in [0.15, 0.2) is 11.5 Å². The predicted octanol–water partition coefficient (Wildman–Crippen LogP) is 2.76. The summed E-state index contributed by atoms with van der Waals surface area (Å²) in [6.07, 6.45) is 4.99. The Labute approximate surface area is 181 Å². The third kappa shape index (κ3) is 4.67. The quantitative estimate of drug-likeness (QED) is 0.722. The maximum atomic E-state index is 9.67. The molecule has 30 heavy (non-hydrogen) atoms. The minimum Gasteiger partial charge on any atom is -0.493 e. The first kappa shape index (κ1) is 20.9. The van der Waals surface area contributed by atoms with Gasteiger partial charge in [0.05, 0.1) is 25.9 Å². The van der Waals surface area contributed by atoms with E-state index in [4.69, 9.17) is 14.2 Å². The number of fused-ring (bicyclic) bond motifs is 1. The molecule has 0 bridgehead atoms. The number of aliphatic imine (C=N–C) groups is 1. The van der Waals surface area contributed by atoms with E-state index in [0.29, 0.717) is 24.1 Å². The van der Waals surface area contributed by atoms with Crippen molar-refractivity contribution >= 4 is 22.6 Å². The topological polar surface area (TPSA) is 68.3 Å². The van der Waals surface area contributed by atoms with Gasteiger partial charge in [-0.05, 0) is 54.5 Å². The molecule has 0 amide bonds. The van der Waals surface area contributed by atoms with Gasteiger partial charge in [-0.1, -0.05) is 6.92 Å². The maximum absolute atomic E-state index is 9.67. The molecule has 2 aromatic rings. The number of rotatable bonds is 6. The van der Waals surface area contributed by atoms with Crippen molar-refractivity contribution in [1.82, 2.24) is 0 Å². The molecule has 0 spiro atoms. The van der Waals surface area contributed by atoms with Gasteiger partial charge in [-0.2, -0.15) is 5.26 Å². The Hall–Kier alpha value is -2.40. The summed E-state index contributed by atoms with van der Waals surface area (Å²) in [6.45, 7) is 6.29. The van der Waals surface area contributed by atoms with Gasteiger partial charge < -0.3 is 14.2 Å². The van der Waals surface area contributed by atoms with Crippen molar-refractivity contribution in [2.75, 3.05) is 40.1 Å². The van der Waals surface area contributed by atoms with Crippen LogP contribution in [0.4, 0.5) is 5.00 Å². The lowest BCUT2D eigenvalue weighted by Gasteiger charge is -2.23. The van der Waals surface area contributed by atoms with Gasteiger partial charge in [0.25, 0.3) is 0 Å². The van der Waals surface area contributed by atoms with Gasteiger partial charge >= 0.3 is 0 Å². The van der Waals surface area contributed by atoms with Crippen LogP contribution in [-0.4, -0.2) is 46.4 Å². The van der Waals surface area contributed by atoms with E-state index in [-0.39, 0.29) is 0 Å². The molecule has 1 N–H and O–H groups in total. The molecule has 6 nitrogen and oxygen atoms in total. The van der Waals surface area contributed by atoms with E-state index in [1.54, 1.807) is 18.4 Å². The van der Waals surface area contributed by atoms with Gasteiger partial charge in [-0.15, -0.1) is 11.3 Å². The molecular weight excluding hydrogens is 398 g/mol. The highest BCUT2D eigenvalue weighted by atomic mass is 32.1. The smallest absolute Gasteiger partial charge is 0.222 e. The number of hydrogen-bond acceptors (Lipinski definition) is 6. The lowest BCUT2D eigenvalue weighted by molar-refractivity contribution is -0.923. The number of quaternary nitrogens is 1. The Morgan fingerprint density at radius 1 is 1.33 bits per heavy atom. The number of nitrogens with one attached hydrogen (secondary N) is 1. The number of ether oxygens (including phenoxy) is 3. The summed E-state index contributed by atoms with van der Waals surface area (Å²) in [5.74, 6) is 2.09. The van der Waals surface area contributed by atoms with Crippen molar-refractivity contribution in [3.63, 3.8) is 0 Å². The molecule has 0 radical (unpaired) electrons. The van der Waals surface area contributed by atoms with Crippen LogP contribution in [0.2, 0.25) is 0 Å². The van der Waals surface area contributed by atoms with Crippen LogP contribution >= 0.6 is 11.3 Å². The lowest BCUT2D eigenvalue weighted by Crippen LogP contribution is -3.14. The van der Waals surface area contributed by atoms with E-state index in [1.165, 1.54) is 15.3 Å². The fraction of sp³-hybridized carbons (Fsp3) is 0.478. The van der Waals surface area contributed by atoms with Crippen molar-refractivity contribution in [3.8, 4) is 17.6 Å². The van der Waals surface area contributed by atoms with Crippen LogP contribution in [-0.2, 0) is 17.6 Å². The zero-order valence-corrected chi connectivity index (χ0v) is 18.4. The lowest BCUT2D eigenvalue weighted by atomic mass is 9.89. The summed E-state index contributed by atoms with van der Waals surface area (Å²) in [5, 5.41) is 10.5. The third-order valence-electron chi connectivity index (χ3n) is 5.76. The van der Waals surface area contributed by atoms with Gasteiger partial charge in [-0.3, -0.25) is 4.90 Å². The molecule has 1 aliphatic heterocycles. The Morgan fingerprint density at radius 3 is 2.93 bits per heavy atom. The molecular formula is C23H28N3O3S+. The van der Waals surface area contributed by atoms with Crippen molar-refractivity contribution in [2.45, 2.75) is 26.2 Å². The van der Waals surface area contributed by atoms with E-state index in [0.717, 1.165) is 61.7 Å². The highest BCUT2D eigenvalue weighted by molar-refractivity contribution is 7.16. The predicted molar refractivity (Wildman–Crippen MR) is 117 cm³/mol. The number of hydrogen-bond donors (Lipinski definition) is 1. The Kier molecular flexibility index (Phi) is 6.68. The number of benzene rings is 1. The van der Waals surface area contributed by atoms with Crippen LogP contribution in [0, 0.1) is 17.2 Å². The summed E-state index contributed by atoms with van der Waals surface area (Å²) >= 11 is 1.66. The van der Waals surface area contributed by atoms with Crippen LogP contribution in [0.3, 0.4) is 0 Å². The first-order valence-electron chi connectivity index (χ1n) is 10.5. The summed E-state index contributed by atoms with van der Waals surface area (Å²) in [6, 6.07) is 8.19. The summed E-state index contributed by atoms with van der Waals surface area (Å²) in [5.41, 5.74) is 2.88. The highest BCUT2D eigenvalue weighted by Crippen LogP contribution is 2.40. The van der Waals surface area contributed by atoms with Gasteiger partial charge in [0, 0.05) is 11.1 Å². The zero-order chi connectivity index (χ0) is 20.9. The second kappa shape index (κ2) is 9.61. The average Bonchev–Trinajstić information content (AvgIpc) is 3.13. The standard InChI is InChI=1S/C23H27N3O3S/c1-16-3-5-18-19(13-24)23(30-22(18)11-16)25-14-17-4-6-20(27-2)21(12-17)29-15-26-7-9-28-10-8-26/h4,6,12,14,16H,3,5,7-11,15H2,1-2H3/p+1/t16-/m0/s1. The van der Waals surface area contributed by atoms with Crippen molar-refractivity contribution in [1.29, 1.82) is 5.26 Å². The van der Waals surface area contributed by atoms with Crippen molar-refractivity contribution in [2.24, 2.45) is 10.9 Å².